The summed E-state index contributed by atoms with van der Waals surface area (Å²) in [6, 6.07) is 6.06. The number of nitrogens with zero attached hydrogens (tertiary/aromatic N) is 1. The Morgan fingerprint density at radius 2 is 1.82 bits per heavy atom. The van der Waals surface area contributed by atoms with E-state index in [1.165, 1.54) is 13.2 Å². The van der Waals surface area contributed by atoms with Gasteiger partial charge in [-0.15, -0.1) is 12.4 Å². The number of nitrogens with two attached hydrogens (primary N) is 1. The first-order valence-corrected chi connectivity index (χ1v) is 12.6. The number of aromatic nitrogens is 1. The summed E-state index contributed by atoms with van der Waals surface area (Å²) in [6.07, 6.45) is 2.91. The number of hydrogen-bond donors (Lipinski definition) is 5. The summed E-state index contributed by atoms with van der Waals surface area (Å²) in [5, 5.41) is 11.2. The summed E-state index contributed by atoms with van der Waals surface area (Å²) in [6.45, 7) is 5.66. The smallest absolute Gasteiger partial charge is 0.273 e. The van der Waals surface area contributed by atoms with Crippen molar-refractivity contribution in [1.82, 2.24) is 26.3 Å². The van der Waals surface area contributed by atoms with E-state index in [2.05, 4.69) is 26.3 Å². The highest BCUT2D eigenvalue weighted by Crippen LogP contribution is 2.22. The number of hydrogen-bond acceptors (Lipinski definition) is 7. The standard InChI is InChI=1S/C26H36N6O5.ClH/c1-15(2)21-26-31-20(14-37-26)23(34)28-12-8-7-11-18(29-22(33)16(3)27)24(35)30-19(25(36)32-21)13-17-9-5-4-6-10-17;/h4-6,9-10,14-16,18-19,21H,7-8,11-13,27H2,1-3H3,(H,28,34)(H,29,33)(H,30,35)(H,32,36);1H/t16-,18-,19-,21-;/m0./s1. The molecule has 11 nitrogen and oxygen atoms in total. The lowest BCUT2D eigenvalue weighted by Crippen LogP contribution is -2.56. The molecule has 0 aliphatic carbocycles. The van der Waals surface area contributed by atoms with Gasteiger partial charge in [-0.2, -0.15) is 0 Å². The molecule has 1 aromatic carbocycles. The van der Waals surface area contributed by atoms with Crippen molar-refractivity contribution in [3.8, 4) is 0 Å². The van der Waals surface area contributed by atoms with E-state index < -0.39 is 47.8 Å². The zero-order valence-electron chi connectivity index (χ0n) is 21.9. The lowest BCUT2D eigenvalue weighted by Gasteiger charge is -2.26. The fourth-order valence-corrected chi connectivity index (χ4v) is 3.97. The molecule has 2 bridgehead atoms. The van der Waals surface area contributed by atoms with Crippen molar-refractivity contribution >= 4 is 36.0 Å². The second-order valence-corrected chi connectivity index (χ2v) is 9.65. The summed E-state index contributed by atoms with van der Waals surface area (Å²) in [5.74, 6) is -1.70. The van der Waals surface area contributed by atoms with E-state index in [4.69, 9.17) is 10.2 Å². The summed E-state index contributed by atoms with van der Waals surface area (Å²) in [7, 11) is 0. The molecule has 1 aliphatic rings. The third-order valence-electron chi connectivity index (χ3n) is 6.15. The molecule has 4 amide bonds. The van der Waals surface area contributed by atoms with Crippen LogP contribution in [0.5, 0.6) is 0 Å². The summed E-state index contributed by atoms with van der Waals surface area (Å²) in [5.41, 5.74) is 6.67. The van der Waals surface area contributed by atoms with Crippen LogP contribution in [0.3, 0.4) is 0 Å². The van der Waals surface area contributed by atoms with Gasteiger partial charge in [0.05, 0.1) is 6.04 Å². The second-order valence-electron chi connectivity index (χ2n) is 9.65. The van der Waals surface area contributed by atoms with Crippen LogP contribution < -0.4 is 27.0 Å². The topological polar surface area (TPSA) is 168 Å². The van der Waals surface area contributed by atoms with Gasteiger partial charge in [0.15, 0.2) is 5.69 Å². The molecule has 1 aromatic heterocycles. The first kappa shape index (κ1) is 30.8. The average Bonchev–Trinajstić information content (AvgIpc) is 3.35. The summed E-state index contributed by atoms with van der Waals surface area (Å²) < 4.78 is 5.56. The minimum absolute atomic E-state index is 0. The van der Waals surface area contributed by atoms with Crippen molar-refractivity contribution in [2.75, 3.05) is 6.54 Å². The van der Waals surface area contributed by atoms with Crippen molar-refractivity contribution in [3.63, 3.8) is 0 Å². The van der Waals surface area contributed by atoms with Gasteiger partial charge in [0.25, 0.3) is 5.91 Å². The zero-order chi connectivity index (χ0) is 26.9. The molecule has 1 aliphatic heterocycles. The van der Waals surface area contributed by atoms with E-state index >= 15 is 0 Å². The Morgan fingerprint density at radius 1 is 1.11 bits per heavy atom. The molecule has 0 radical (unpaired) electrons. The van der Waals surface area contributed by atoms with Crippen LogP contribution in [0.15, 0.2) is 41.0 Å². The Bertz CT molecular complexity index is 1090. The Kier molecular flexibility index (Phi) is 11.7. The first-order chi connectivity index (χ1) is 17.7. The van der Waals surface area contributed by atoms with Gasteiger partial charge in [0.1, 0.15) is 24.4 Å². The molecule has 6 N–H and O–H groups in total. The van der Waals surface area contributed by atoms with Gasteiger partial charge in [-0.3, -0.25) is 19.2 Å². The Labute approximate surface area is 228 Å². The van der Waals surface area contributed by atoms with Crippen LogP contribution >= 0.6 is 12.4 Å². The number of rotatable bonds is 5. The highest BCUT2D eigenvalue weighted by molar-refractivity contribution is 5.93. The number of oxazole rings is 1. The van der Waals surface area contributed by atoms with Gasteiger partial charge < -0.3 is 31.4 Å². The fourth-order valence-electron chi connectivity index (χ4n) is 3.97. The minimum atomic E-state index is -0.934. The number of halogens is 1. The molecule has 2 heterocycles. The molecule has 0 unspecified atom stereocenters. The Morgan fingerprint density at radius 3 is 2.47 bits per heavy atom. The molecule has 12 heteroatoms. The van der Waals surface area contributed by atoms with Gasteiger partial charge in [0, 0.05) is 13.0 Å². The van der Waals surface area contributed by atoms with Crippen LogP contribution in [0, 0.1) is 5.92 Å². The summed E-state index contributed by atoms with van der Waals surface area (Å²) in [4.78, 5) is 56.0. The van der Waals surface area contributed by atoms with Crippen LogP contribution in [0.25, 0.3) is 0 Å². The van der Waals surface area contributed by atoms with Crippen molar-refractivity contribution in [3.05, 3.63) is 53.7 Å². The molecule has 0 spiro atoms. The lowest BCUT2D eigenvalue weighted by molar-refractivity contribution is -0.132. The number of carbonyl (C=O) groups is 4. The normalized spacial score (nSPS) is 21.9. The molecule has 0 fully saturated rings. The van der Waals surface area contributed by atoms with Crippen molar-refractivity contribution in [1.29, 1.82) is 0 Å². The van der Waals surface area contributed by atoms with Crippen molar-refractivity contribution in [2.24, 2.45) is 11.7 Å². The third-order valence-corrected chi connectivity index (χ3v) is 6.15. The second kappa shape index (κ2) is 14.5. The highest BCUT2D eigenvalue weighted by atomic mass is 35.5. The minimum Gasteiger partial charge on any atom is -0.446 e. The number of amides is 4. The fraction of sp³-hybridized carbons (Fsp3) is 0.500. The predicted octanol–water partition coefficient (Wildman–Crippen LogP) is 1.38. The zero-order valence-corrected chi connectivity index (χ0v) is 22.7. The predicted molar refractivity (Wildman–Crippen MR) is 143 cm³/mol. The molecule has 3 rings (SSSR count). The first-order valence-electron chi connectivity index (χ1n) is 12.6. The summed E-state index contributed by atoms with van der Waals surface area (Å²) >= 11 is 0. The van der Waals surface area contributed by atoms with Gasteiger partial charge in [-0.1, -0.05) is 44.2 Å². The van der Waals surface area contributed by atoms with Crippen molar-refractivity contribution < 1.29 is 23.6 Å². The van der Waals surface area contributed by atoms with E-state index in [1.54, 1.807) is 0 Å². The SMILES string of the molecule is CC(C)[C@@H]1NC(=O)[C@H](Cc2ccccc2)NC(=O)[C@@H](NC(=O)[C@H](C)N)CCCCNC(=O)c2coc1n2.Cl. The van der Waals surface area contributed by atoms with Gasteiger partial charge in [-0.05, 0) is 37.7 Å². The van der Waals surface area contributed by atoms with Crippen molar-refractivity contribution in [2.45, 2.75) is 70.6 Å². The van der Waals surface area contributed by atoms with E-state index in [0.717, 1.165) is 5.56 Å². The third kappa shape index (κ3) is 8.56. The maximum absolute atomic E-state index is 13.5. The van der Waals surface area contributed by atoms with E-state index in [9.17, 15) is 19.2 Å². The largest absolute Gasteiger partial charge is 0.446 e. The van der Waals surface area contributed by atoms with Crippen LogP contribution in [0.4, 0.5) is 0 Å². The highest BCUT2D eigenvalue weighted by Gasteiger charge is 2.31. The molecule has 38 heavy (non-hydrogen) atoms. The molecule has 2 aromatic rings. The maximum Gasteiger partial charge on any atom is 0.273 e. The average molecular weight is 549 g/mol. The maximum atomic E-state index is 13.5. The Balaban J connectivity index is 0.00000507. The van der Waals surface area contributed by atoms with E-state index in [-0.39, 0.29) is 36.3 Å². The number of nitrogens with one attached hydrogen (secondary N) is 4. The van der Waals surface area contributed by atoms with Gasteiger partial charge >= 0.3 is 0 Å². The molecule has 208 valence electrons. The quantitative estimate of drug-likeness (QED) is 0.376. The van der Waals surface area contributed by atoms with Gasteiger partial charge in [0.2, 0.25) is 23.6 Å². The van der Waals surface area contributed by atoms with Crippen LogP contribution in [-0.4, -0.2) is 53.3 Å². The monoisotopic (exact) mass is 548 g/mol. The van der Waals surface area contributed by atoms with E-state index in [0.29, 0.717) is 25.8 Å². The molecule has 0 saturated carbocycles. The molecular weight excluding hydrogens is 512 g/mol. The molecule has 0 saturated heterocycles. The van der Waals surface area contributed by atoms with Crippen LogP contribution in [-0.2, 0) is 20.8 Å². The molecular formula is C26H37ClN6O5. The van der Waals surface area contributed by atoms with Crippen LogP contribution in [0.2, 0.25) is 0 Å². The van der Waals surface area contributed by atoms with Crippen LogP contribution in [0.1, 0.15) is 68.0 Å². The lowest BCUT2D eigenvalue weighted by atomic mass is 10.0. The number of benzene rings is 1. The number of carbonyl (C=O) groups excluding carboxylic acids is 4. The Hall–Kier alpha value is -3.44. The van der Waals surface area contributed by atoms with Gasteiger partial charge in [-0.25, -0.2) is 4.98 Å². The molecule has 4 atom stereocenters. The number of fused-ring (bicyclic) bond motifs is 2. The van der Waals surface area contributed by atoms with E-state index in [1.807, 2.05) is 44.2 Å².